The van der Waals surface area contributed by atoms with Crippen LogP contribution < -0.4 is 0 Å². The average Bonchev–Trinajstić information content (AvgIpc) is 2.84. The van der Waals surface area contributed by atoms with E-state index in [9.17, 15) is 5.11 Å². The minimum Gasteiger partial charge on any atom is -0.414 e. The molecule has 1 aromatic carbocycles. The molecule has 0 heterocycles. The molecule has 0 unspecified atom stereocenters. The lowest BCUT2D eigenvalue weighted by Gasteiger charge is -2.40. The van der Waals surface area contributed by atoms with Crippen molar-refractivity contribution in [2.45, 2.75) is 110 Å². The van der Waals surface area contributed by atoms with Gasteiger partial charge in [-0.25, -0.2) is 0 Å². The summed E-state index contributed by atoms with van der Waals surface area (Å²) in [6, 6.07) is 10.2. The second kappa shape index (κ2) is 16.2. The van der Waals surface area contributed by atoms with Crippen LogP contribution in [0.2, 0.25) is 18.1 Å². The van der Waals surface area contributed by atoms with Crippen molar-refractivity contribution in [2.24, 2.45) is 17.8 Å². The molecule has 1 N–H and O–H groups in total. The second-order valence-corrected chi connectivity index (χ2v) is 16.9. The fraction of sp³-hybridized carbons (Fsp3) is 0.742. The number of aliphatic hydroxyl groups is 1. The molecule has 0 aliphatic rings. The summed E-state index contributed by atoms with van der Waals surface area (Å²) in [6.07, 6.45) is 5.24. The van der Waals surface area contributed by atoms with Gasteiger partial charge in [0, 0.05) is 38.1 Å². The van der Waals surface area contributed by atoms with Gasteiger partial charge in [-0.1, -0.05) is 91.0 Å². The molecular formula is C31H56O5Si. The first kappa shape index (κ1) is 34.0. The maximum absolute atomic E-state index is 11.0. The summed E-state index contributed by atoms with van der Waals surface area (Å²) in [5.74, 6) is 0.223. The SMILES string of the molecule is CC[C@H](C[C@H](OC)[C@@H](C)/C=C/[C@@H](O)[C@H](C)[C@H](OC)[C@H](C)COCc1ccccc1)O[Si](C)(C)C(C)(C)C. The van der Waals surface area contributed by atoms with Crippen molar-refractivity contribution in [3.63, 3.8) is 0 Å². The van der Waals surface area contributed by atoms with Gasteiger partial charge >= 0.3 is 0 Å². The Hall–Kier alpha value is -1.02. The van der Waals surface area contributed by atoms with Gasteiger partial charge in [-0.15, -0.1) is 0 Å². The van der Waals surface area contributed by atoms with Crippen molar-refractivity contribution in [3.05, 3.63) is 48.0 Å². The summed E-state index contributed by atoms with van der Waals surface area (Å²) in [4.78, 5) is 0. The third-order valence-corrected chi connectivity index (χ3v) is 12.6. The van der Waals surface area contributed by atoms with E-state index in [1.165, 1.54) is 0 Å². The van der Waals surface area contributed by atoms with Crippen molar-refractivity contribution >= 4 is 8.32 Å². The van der Waals surface area contributed by atoms with Crippen LogP contribution in [-0.4, -0.2) is 58.7 Å². The zero-order chi connectivity index (χ0) is 28.2. The van der Waals surface area contributed by atoms with Crippen LogP contribution in [0.4, 0.5) is 0 Å². The van der Waals surface area contributed by atoms with Crippen molar-refractivity contribution in [1.82, 2.24) is 0 Å². The van der Waals surface area contributed by atoms with Crippen molar-refractivity contribution in [3.8, 4) is 0 Å². The van der Waals surface area contributed by atoms with Gasteiger partial charge in [0.25, 0.3) is 0 Å². The molecule has 214 valence electrons. The first-order valence-electron chi connectivity index (χ1n) is 14.0. The molecule has 0 aliphatic carbocycles. The van der Waals surface area contributed by atoms with Gasteiger partial charge in [0.15, 0.2) is 8.32 Å². The number of ether oxygens (including phenoxy) is 3. The molecule has 0 saturated carbocycles. The first-order chi connectivity index (χ1) is 17.3. The standard InChI is InChI=1S/C31H56O5Si/c1-12-27(36-37(10,11)31(5,6)7)20-29(33-8)23(2)18-19-28(32)25(4)30(34-9)24(3)21-35-22-26-16-14-13-15-17-26/h13-19,23-25,27-30,32H,12,20-22H2,1-11H3/b19-18+/t23-,24+,25-,27+,28+,29-,30+/m0/s1. The molecule has 7 atom stereocenters. The van der Waals surface area contributed by atoms with E-state index >= 15 is 0 Å². The van der Waals surface area contributed by atoms with Gasteiger partial charge in [0.1, 0.15) is 0 Å². The summed E-state index contributed by atoms with van der Waals surface area (Å²) < 4.78 is 24.3. The topological polar surface area (TPSA) is 57.2 Å². The van der Waals surface area contributed by atoms with Gasteiger partial charge in [-0.05, 0) is 36.5 Å². The fourth-order valence-corrected chi connectivity index (χ4v) is 5.91. The Kier molecular flexibility index (Phi) is 14.9. The Morgan fingerprint density at radius 2 is 1.59 bits per heavy atom. The van der Waals surface area contributed by atoms with Gasteiger partial charge in [0.2, 0.25) is 0 Å². The summed E-state index contributed by atoms with van der Waals surface area (Å²) >= 11 is 0. The molecule has 6 heteroatoms. The monoisotopic (exact) mass is 536 g/mol. The molecule has 0 radical (unpaired) electrons. The molecule has 1 rings (SSSR count). The minimum absolute atomic E-state index is 0.0250. The van der Waals surface area contributed by atoms with Gasteiger partial charge in [-0.2, -0.15) is 0 Å². The van der Waals surface area contributed by atoms with Crippen LogP contribution in [0.5, 0.6) is 0 Å². The molecule has 37 heavy (non-hydrogen) atoms. The Morgan fingerprint density at radius 3 is 2.11 bits per heavy atom. The molecule has 0 spiro atoms. The molecule has 0 aromatic heterocycles. The number of methoxy groups -OCH3 is 2. The molecule has 5 nitrogen and oxygen atoms in total. The molecule has 0 amide bonds. The van der Waals surface area contributed by atoms with Crippen molar-refractivity contribution < 1.29 is 23.7 Å². The lowest BCUT2D eigenvalue weighted by atomic mass is 9.88. The maximum Gasteiger partial charge on any atom is 0.192 e. The third-order valence-electron chi connectivity index (χ3n) is 8.10. The number of hydrogen-bond acceptors (Lipinski definition) is 5. The third kappa shape index (κ3) is 11.3. The van der Waals surface area contributed by atoms with E-state index in [4.69, 9.17) is 18.6 Å². The summed E-state index contributed by atoms with van der Waals surface area (Å²) in [5, 5.41) is 11.2. The predicted octanol–water partition coefficient (Wildman–Crippen LogP) is 7.25. The van der Waals surface area contributed by atoms with E-state index in [0.717, 1.165) is 18.4 Å². The van der Waals surface area contributed by atoms with Gasteiger partial charge in [-0.3, -0.25) is 0 Å². The van der Waals surface area contributed by atoms with Crippen LogP contribution >= 0.6 is 0 Å². The summed E-state index contributed by atoms with van der Waals surface area (Å²) in [6.45, 7) is 21.1. The highest BCUT2D eigenvalue weighted by molar-refractivity contribution is 6.74. The molecule has 0 saturated heterocycles. The number of aliphatic hydroxyl groups excluding tert-OH is 1. The lowest BCUT2D eigenvalue weighted by Crippen LogP contribution is -2.45. The van der Waals surface area contributed by atoms with E-state index in [-0.39, 0.29) is 41.1 Å². The minimum atomic E-state index is -1.85. The van der Waals surface area contributed by atoms with Crippen LogP contribution in [-0.2, 0) is 25.2 Å². The smallest absolute Gasteiger partial charge is 0.192 e. The van der Waals surface area contributed by atoms with Gasteiger partial charge in [0.05, 0.1) is 31.5 Å². The molecule has 0 aliphatic heterocycles. The van der Waals surface area contributed by atoms with Crippen LogP contribution in [0.15, 0.2) is 42.5 Å². The maximum atomic E-state index is 11.0. The highest BCUT2D eigenvalue weighted by Crippen LogP contribution is 2.38. The number of hydrogen-bond donors (Lipinski definition) is 1. The van der Waals surface area contributed by atoms with E-state index in [0.29, 0.717) is 13.2 Å². The van der Waals surface area contributed by atoms with Crippen molar-refractivity contribution in [2.75, 3.05) is 20.8 Å². The second-order valence-electron chi connectivity index (χ2n) is 12.2. The Balaban J connectivity index is 2.69. The van der Waals surface area contributed by atoms with Crippen LogP contribution in [0, 0.1) is 17.8 Å². The van der Waals surface area contributed by atoms with E-state index in [1.807, 2.05) is 31.2 Å². The summed E-state index contributed by atoms with van der Waals surface area (Å²) in [7, 11) is 1.63. The first-order valence-corrected chi connectivity index (χ1v) is 16.9. The zero-order valence-electron chi connectivity index (χ0n) is 25.5. The van der Waals surface area contributed by atoms with E-state index in [2.05, 4.69) is 72.8 Å². The number of benzene rings is 1. The highest BCUT2D eigenvalue weighted by Gasteiger charge is 2.39. The molecule has 1 aromatic rings. The molecule has 0 fully saturated rings. The van der Waals surface area contributed by atoms with Gasteiger partial charge < -0.3 is 23.7 Å². The van der Waals surface area contributed by atoms with E-state index in [1.54, 1.807) is 14.2 Å². The Labute approximate surface area is 229 Å². The Morgan fingerprint density at radius 1 is 0.973 bits per heavy atom. The quantitative estimate of drug-likeness (QED) is 0.168. The molecular weight excluding hydrogens is 480 g/mol. The average molecular weight is 537 g/mol. The van der Waals surface area contributed by atoms with Crippen LogP contribution in [0.1, 0.15) is 66.9 Å². The van der Waals surface area contributed by atoms with E-state index < -0.39 is 14.4 Å². The Bertz CT molecular complexity index is 761. The zero-order valence-corrected chi connectivity index (χ0v) is 26.5. The van der Waals surface area contributed by atoms with Crippen molar-refractivity contribution in [1.29, 1.82) is 0 Å². The van der Waals surface area contributed by atoms with Crippen LogP contribution in [0.25, 0.3) is 0 Å². The molecule has 0 bridgehead atoms. The number of rotatable bonds is 17. The largest absolute Gasteiger partial charge is 0.414 e. The van der Waals surface area contributed by atoms with Crippen LogP contribution in [0.3, 0.4) is 0 Å². The highest BCUT2D eigenvalue weighted by atomic mass is 28.4. The predicted molar refractivity (Wildman–Crippen MR) is 157 cm³/mol. The summed E-state index contributed by atoms with van der Waals surface area (Å²) in [5.41, 5.74) is 1.15. The normalized spacial score (nSPS) is 18.8. The lowest BCUT2D eigenvalue weighted by molar-refractivity contribution is -0.0473. The fourth-order valence-electron chi connectivity index (χ4n) is 4.46.